The molecule has 0 rings (SSSR count). The lowest BCUT2D eigenvalue weighted by molar-refractivity contribution is -0.124. The predicted octanol–water partition coefficient (Wildman–Crippen LogP) is 3.49. The maximum absolute atomic E-state index is 11.8. The highest BCUT2D eigenvalue weighted by atomic mass is 16.2. The average molecular weight is 270 g/mol. The van der Waals surface area contributed by atoms with Crippen LogP contribution in [0.5, 0.6) is 0 Å². The molecule has 0 aliphatic rings. The highest BCUT2D eigenvalue weighted by Gasteiger charge is 2.18. The van der Waals surface area contributed by atoms with E-state index in [1.54, 1.807) is 0 Å². The molecule has 2 N–H and O–H groups in total. The summed E-state index contributed by atoms with van der Waals surface area (Å²) in [6.07, 6.45) is 6.39. The molecule has 0 spiro atoms. The first-order valence-corrected chi connectivity index (χ1v) is 7.78. The van der Waals surface area contributed by atoms with E-state index in [2.05, 4.69) is 24.5 Å². The zero-order chi connectivity index (χ0) is 14.9. The van der Waals surface area contributed by atoms with Crippen molar-refractivity contribution in [2.75, 3.05) is 6.54 Å². The van der Waals surface area contributed by atoms with Crippen LogP contribution in [-0.2, 0) is 4.79 Å². The third-order valence-corrected chi connectivity index (χ3v) is 3.05. The Kier molecular flexibility index (Phi) is 9.07. The van der Waals surface area contributed by atoms with Gasteiger partial charge in [0.15, 0.2) is 0 Å². The van der Waals surface area contributed by atoms with Gasteiger partial charge in [0.1, 0.15) is 0 Å². The SMILES string of the molecule is CC(C)CCCCCCNC(C)C(=O)NC(C)(C)C. The number of carbonyl (C=O) groups is 1. The molecule has 19 heavy (non-hydrogen) atoms. The summed E-state index contributed by atoms with van der Waals surface area (Å²) in [7, 11) is 0. The van der Waals surface area contributed by atoms with Gasteiger partial charge in [0.05, 0.1) is 6.04 Å². The van der Waals surface area contributed by atoms with E-state index in [1.165, 1.54) is 25.7 Å². The Morgan fingerprint density at radius 1 is 1.00 bits per heavy atom. The topological polar surface area (TPSA) is 41.1 Å². The van der Waals surface area contributed by atoms with Gasteiger partial charge in [0.25, 0.3) is 0 Å². The van der Waals surface area contributed by atoms with Crippen LogP contribution in [0.1, 0.15) is 73.6 Å². The molecule has 0 fully saturated rings. The molecule has 1 atom stereocenters. The second-order valence-electron chi connectivity index (χ2n) is 7.01. The van der Waals surface area contributed by atoms with Gasteiger partial charge in [0, 0.05) is 5.54 Å². The maximum Gasteiger partial charge on any atom is 0.237 e. The molecule has 1 unspecified atom stereocenters. The summed E-state index contributed by atoms with van der Waals surface area (Å²) in [4.78, 5) is 11.8. The van der Waals surface area contributed by atoms with E-state index in [0.29, 0.717) is 0 Å². The van der Waals surface area contributed by atoms with Crippen LogP contribution in [0.25, 0.3) is 0 Å². The first kappa shape index (κ1) is 18.4. The third-order valence-electron chi connectivity index (χ3n) is 3.05. The number of nitrogens with one attached hydrogen (secondary N) is 2. The van der Waals surface area contributed by atoms with E-state index in [-0.39, 0.29) is 17.5 Å². The van der Waals surface area contributed by atoms with Crippen molar-refractivity contribution in [1.29, 1.82) is 0 Å². The van der Waals surface area contributed by atoms with Crippen LogP contribution >= 0.6 is 0 Å². The van der Waals surface area contributed by atoms with Crippen LogP contribution in [0.4, 0.5) is 0 Å². The van der Waals surface area contributed by atoms with Gasteiger partial charge in [-0.15, -0.1) is 0 Å². The second-order valence-corrected chi connectivity index (χ2v) is 7.01. The number of hydrogen-bond acceptors (Lipinski definition) is 2. The van der Waals surface area contributed by atoms with E-state index in [0.717, 1.165) is 18.9 Å². The molecular weight excluding hydrogens is 236 g/mol. The highest BCUT2D eigenvalue weighted by Crippen LogP contribution is 2.09. The maximum atomic E-state index is 11.8. The summed E-state index contributed by atoms with van der Waals surface area (Å²) in [6.45, 7) is 13.4. The van der Waals surface area contributed by atoms with Crippen LogP contribution in [-0.4, -0.2) is 24.0 Å². The minimum atomic E-state index is -0.149. The summed E-state index contributed by atoms with van der Waals surface area (Å²) in [5.41, 5.74) is -0.149. The Morgan fingerprint density at radius 2 is 1.58 bits per heavy atom. The minimum absolute atomic E-state index is 0.0901. The summed E-state index contributed by atoms with van der Waals surface area (Å²) < 4.78 is 0. The van der Waals surface area contributed by atoms with Crippen LogP contribution in [0.3, 0.4) is 0 Å². The largest absolute Gasteiger partial charge is 0.350 e. The molecule has 3 nitrogen and oxygen atoms in total. The summed E-state index contributed by atoms with van der Waals surface area (Å²) >= 11 is 0. The molecule has 0 aromatic heterocycles. The minimum Gasteiger partial charge on any atom is -0.350 e. The summed E-state index contributed by atoms with van der Waals surface area (Å²) in [5, 5.41) is 6.28. The van der Waals surface area contributed by atoms with E-state index >= 15 is 0 Å². The lowest BCUT2D eigenvalue weighted by Gasteiger charge is -2.23. The van der Waals surface area contributed by atoms with Crippen molar-refractivity contribution in [2.24, 2.45) is 5.92 Å². The normalized spacial score (nSPS) is 13.6. The quantitative estimate of drug-likeness (QED) is 0.630. The smallest absolute Gasteiger partial charge is 0.237 e. The fourth-order valence-corrected chi connectivity index (χ4v) is 1.92. The van der Waals surface area contributed by atoms with Crippen molar-refractivity contribution < 1.29 is 4.79 Å². The number of amides is 1. The lowest BCUT2D eigenvalue weighted by Crippen LogP contribution is -2.49. The molecule has 3 heteroatoms. The second kappa shape index (κ2) is 9.35. The van der Waals surface area contributed by atoms with Gasteiger partial charge in [-0.05, 0) is 46.6 Å². The molecule has 0 radical (unpaired) electrons. The number of hydrogen-bond donors (Lipinski definition) is 2. The Bertz CT molecular complexity index is 244. The predicted molar refractivity (Wildman–Crippen MR) is 83.3 cm³/mol. The molecule has 0 bridgehead atoms. The molecular formula is C16H34N2O. The fraction of sp³-hybridized carbons (Fsp3) is 0.938. The molecule has 114 valence electrons. The van der Waals surface area contributed by atoms with E-state index in [4.69, 9.17) is 0 Å². The van der Waals surface area contributed by atoms with Crippen molar-refractivity contribution in [3.63, 3.8) is 0 Å². The third kappa shape index (κ3) is 12.2. The van der Waals surface area contributed by atoms with Gasteiger partial charge in [0.2, 0.25) is 5.91 Å². The van der Waals surface area contributed by atoms with E-state index in [9.17, 15) is 4.79 Å². The molecule has 0 aliphatic heterocycles. The standard InChI is InChI=1S/C16H34N2O/c1-13(2)11-9-7-8-10-12-17-14(3)15(19)18-16(4,5)6/h13-14,17H,7-12H2,1-6H3,(H,18,19). The van der Waals surface area contributed by atoms with Crippen LogP contribution in [0.15, 0.2) is 0 Å². The molecule has 1 amide bonds. The summed E-state index contributed by atoms with van der Waals surface area (Å²) in [6, 6.07) is -0.102. The van der Waals surface area contributed by atoms with Crippen LogP contribution in [0, 0.1) is 5.92 Å². The van der Waals surface area contributed by atoms with Crippen molar-refractivity contribution >= 4 is 5.91 Å². The number of carbonyl (C=O) groups excluding carboxylic acids is 1. The molecule has 0 heterocycles. The van der Waals surface area contributed by atoms with Gasteiger partial charge in [-0.1, -0.05) is 39.5 Å². The Balaban J connectivity index is 3.53. The highest BCUT2D eigenvalue weighted by molar-refractivity contribution is 5.81. The van der Waals surface area contributed by atoms with E-state index < -0.39 is 0 Å². The van der Waals surface area contributed by atoms with Gasteiger partial charge in [-0.25, -0.2) is 0 Å². The zero-order valence-electron chi connectivity index (χ0n) is 13.8. The monoisotopic (exact) mass is 270 g/mol. The Labute approximate surface area is 119 Å². The molecule has 0 aliphatic carbocycles. The summed E-state index contributed by atoms with van der Waals surface area (Å²) in [5.74, 6) is 0.909. The van der Waals surface area contributed by atoms with Crippen molar-refractivity contribution in [3.8, 4) is 0 Å². The first-order chi connectivity index (χ1) is 8.72. The molecule has 0 saturated heterocycles. The average Bonchev–Trinajstić information content (AvgIpc) is 2.24. The van der Waals surface area contributed by atoms with Gasteiger partial charge < -0.3 is 10.6 Å². The Morgan fingerprint density at radius 3 is 2.11 bits per heavy atom. The van der Waals surface area contributed by atoms with E-state index in [1.807, 2.05) is 27.7 Å². The molecule has 0 saturated carbocycles. The van der Waals surface area contributed by atoms with Crippen LogP contribution in [0.2, 0.25) is 0 Å². The number of rotatable bonds is 9. The lowest BCUT2D eigenvalue weighted by atomic mass is 10.0. The van der Waals surface area contributed by atoms with Crippen molar-refractivity contribution in [3.05, 3.63) is 0 Å². The zero-order valence-corrected chi connectivity index (χ0v) is 13.8. The van der Waals surface area contributed by atoms with Crippen LogP contribution < -0.4 is 10.6 Å². The van der Waals surface area contributed by atoms with Crippen molar-refractivity contribution in [1.82, 2.24) is 10.6 Å². The molecule has 0 aromatic carbocycles. The Hall–Kier alpha value is -0.570. The number of unbranched alkanes of at least 4 members (excludes halogenated alkanes) is 3. The fourth-order valence-electron chi connectivity index (χ4n) is 1.92. The first-order valence-electron chi connectivity index (χ1n) is 7.78. The van der Waals surface area contributed by atoms with Gasteiger partial charge in [-0.2, -0.15) is 0 Å². The van der Waals surface area contributed by atoms with Crippen molar-refractivity contribution in [2.45, 2.75) is 85.2 Å². The van der Waals surface area contributed by atoms with Gasteiger partial charge >= 0.3 is 0 Å². The van der Waals surface area contributed by atoms with Gasteiger partial charge in [-0.3, -0.25) is 4.79 Å². The molecule has 0 aromatic rings.